The Morgan fingerprint density at radius 1 is 1.00 bits per heavy atom. The molecule has 0 atom stereocenters. The average molecular weight is 318 g/mol. The van der Waals surface area contributed by atoms with Crippen LogP contribution in [0.5, 0.6) is 5.75 Å². The third kappa shape index (κ3) is 7.70. The van der Waals surface area contributed by atoms with Crippen molar-refractivity contribution in [1.29, 1.82) is 0 Å². The maximum Gasteiger partial charge on any atom is 0.573 e. The first-order valence-corrected chi connectivity index (χ1v) is 7.55. The highest BCUT2D eigenvalue weighted by Crippen LogP contribution is 2.21. The molecule has 0 aromatic heterocycles. The molecule has 7 heteroatoms. The summed E-state index contributed by atoms with van der Waals surface area (Å²) in [6.45, 7) is 5.07. The number of hydrogen-bond acceptors (Lipinski definition) is 3. The number of halogens is 3. The Bertz CT molecular complexity index is 417. The fourth-order valence-electron chi connectivity index (χ4n) is 1.77. The molecular weight excluding hydrogens is 296 g/mol. The van der Waals surface area contributed by atoms with E-state index in [9.17, 15) is 13.2 Å². The summed E-state index contributed by atoms with van der Waals surface area (Å²) in [6, 6.07) is 5.73. The highest BCUT2D eigenvalue weighted by Gasteiger charge is 2.31. The average Bonchev–Trinajstić information content (AvgIpc) is 2.44. The van der Waals surface area contributed by atoms with Gasteiger partial charge in [-0.1, -0.05) is 38.8 Å². The van der Waals surface area contributed by atoms with Gasteiger partial charge in [0.1, 0.15) is 5.75 Å². The minimum absolute atomic E-state index is 0.270. The van der Waals surface area contributed by atoms with Crippen LogP contribution in [-0.4, -0.2) is 26.7 Å². The minimum atomic E-state index is -4.71. The Morgan fingerprint density at radius 2 is 1.59 bits per heavy atom. The third-order valence-electron chi connectivity index (χ3n) is 2.90. The topological polar surface area (TPSA) is 27.7 Å². The third-order valence-corrected chi connectivity index (χ3v) is 2.90. The second kappa shape index (κ2) is 9.74. The maximum atomic E-state index is 12.3. The highest BCUT2D eigenvalue weighted by atomic mass is 19.4. The Kier molecular flexibility index (Phi) is 8.34. The molecule has 0 unspecified atom stereocenters. The van der Waals surface area contributed by atoms with E-state index in [4.69, 9.17) is 9.31 Å². The van der Waals surface area contributed by atoms with Gasteiger partial charge in [0.25, 0.3) is 0 Å². The van der Waals surface area contributed by atoms with Crippen molar-refractivity contribution in [2.24, 2.45) is 0 Å². The van der Waals surface area contributed by atoms with Crippen molar-refractivity contribution in [1.82, 2.24) is 0 Å². The van der Waals surface area contributed by atoms with E-state index >= 15 is 0 Å². The Morgan fingerprint density at radius 3 is 2.09 bits per heavy atom. The number of rotatable bonds is 10. The monoisotopic (exact) mass is 318 g/mol. The molecule has 3 nitrogen and oxygen atoms in total. The van der Waals surface area contributed by atoms with Crippen molar-refractivity contribution in [3.8, 4) is 5.75 Å². The SMILES string of the molecule is CCCCOB(OCCCC)c1cccc(OC(F)(F)F)c1. The first-order chi connectivity index (χ1) is 10.5. The molecule has 0 aliphatic rings. The van der Waals surface area contributed by atoms with Crippen LogP contribution in [0.15, 0.2) is 24.3 Å². The van der Waals surface area contributed by atoms with Crippen LogP contribution < -0.4 is 10.2 Å². The number of alkyl halides is 3. The molecule has 0 N–H and O–H groups in total. The lowest BCUT2D eigenvalue weighted by molar-refractivity contribution is -0.274. The van der Waals surface area contributed by atoms with E-state index in [2.05, 4.69) is 4.74 Å². The molecule has 0 amide bonds. The van der Waals surface area contributed by atoms with Gasteiger partial charge < -0.3 is 14.0 Å². The van der Waals surface area contributed by atoms with Crippen molar-refractivity contribution in [2.75, 3.05) is 13.2 Å². The molecular formula is C15H22BF3O3. The number of hydrogen-bond donors (Lipinski definition) is 0. The number of ether oxygens (including phenoxy) is 1. The fraction of sp³-hybridized carbons (Fsp3) is 0.600. The van der Waals surface area contributed by atoms with Crippen LogP contribution in [0.1, 0.15) is 39.5 Å². The van der Waals surface area contributed by atoms with Crippen LogP contribution >= 0.6 is 0 Å². The number of unbranched alkanes of at least 4 members (excludes halogenated alkanes) is 2. The van der Waals surface area contributed by atoms with E-state index in [1.54, 1.807) is 6.07 Å². The summed E-state index contributed by atoms with van der Waals surface area (Å²) in [5, 5.41) is 0. The second-order valence-corrected chi connectivity index (χ2v) is 4.90. The summed E-state index contributed by atoms with van der Waals surface area (Å²) < 4.78 is 52.1. The molecule has 0 spiro atoms. The van der Waals surface area contributed by atoms with Gasteiger partial charge in [-0.05, 0) is 30.4 Å². The molecule has 22 heavy (non-hydrogen) atoms. The van der Waals surface area contributed by atoms with E-state index < -0.39 is 13.5 Å². The molecule has 0 saturated heterocycles. The first-order valence-electron chi connectivity index (χ1n) is 7.55. The smallest absolute Gasteiger partial charge is 0.407 e. The van der Waals surface area contributed by atoms with Crippen LogP contribution in [0, 0.1) is 0 Å². The summed E-state index contributed by atoms with van der Waals surface area (Å²) >= 11 is 0. The first kappa shape index (κ1) is 18.8. The minimum Gasteiger partial charge on any atom is -0.407 e. The molecule has 0 aliphatic carbocycles. The van der Waals surface area contributed by atoms with Crippen molar-refractivity contribution >= 4 is 12.6 Å². The van der Waals surface area contributed by atoms with Gasteiger partial charge in [-0.25, -0.2) is 0 Å². The predicted octanol–water partition coefficient (Wildman–Crippen LogP) is 3.91. The van der Waals surface area contributed by atoms with E-state index in [1.807, 2.05) is 13.8 Å². The summed E-state index contributed by atoms with van der Waals surface area (Å²) in [4.78, 5) is 0. The molecule has 124 valence electrons. The molecule has 0 bridgehead atoms. The van der Waals surface area contributed by atoms with Crippen LogP contribution in [0.2, 0.25) is 0 Å². The lowest BCUT2D eigenvalue weighted by atomic mass is 9.78. The highest BCUT2D eigenvalue weighted by molar-refractivity contribution is 6.61. The molecule has 0 aliphatic heterocycles. The zero-order valence-corrected chi connectivity index (χ0v) is 13.0. The lowest BCUT2D eigenvalue weighted by Gasteiger charge is -2.16. The van der Waals surface area contributed by atoms with Crippen molar-refractivity contribution < 1.29 is 27.2 Å². The molecule has 0 saturated carbocycles. The zero-order valence-electron chi connectivity index (χ0n) is 13.0. The van der Waals surface area contributed by atoms with E-state index in [-0.39, 0.29) is 5.75 Å². The van der Waals surface area contributed by atoms with Crippen LogP contribution in [0.4, 0.5) is 13.2 Å². The summed E-state index contributed by atoms with van der Waals surface area (Å²) in [6.07, 6.45) is -1.03. The molecule has 0 fully saturated rings. The summed E-state index contributed by atoms with van der Waals surface area (Å²) in [7, 11) is -0.671. The van der Waals surface area contributed by atoms with Gasteiger partial charge in [-0.3, -0.25) is 0 Å². The molecule has 0 heterocycles. The van der Waals surface area contributed by atoms with E-state index in [0.717, 1.165) is 25.7 Å². The van der Waals surface area contributed by atoms with Crippen molar-refractivity contribution in [3.63, 3.8) is 0 Å². The predicted molar refractivity (Wildman–Crippen MR) is 80.2 cm³/mol. The van der Waals surface area contributed by atoms with Gasteiger partial charge in [-0.15, -0.1) is 13.2 Å². The quantitative estimate of drug-likeness (QED) is 0.483. The standard InChI is InChI=1S/C15H22BF3O3/c1-3-5-10-20-16(21-11-6-4-2)13-8-7-9-14(12-13)22-15(17,18)19/h7-9,12H,3-6,10-11H2,1-2H3. The van der Waals surface area contributed by atoms with Crippen molar-refractivity contribution in [3.05, 3.63) is 24.3 Å². The van der Waals surface area contributed by atoms with Crippen LogP contribution in [0.25, 0.3) is 0 Å². The zero-order chi connectivity index (χ0) is 16.4. The second-order valence-electron chi connectivity index (χ2n) is 4.90. The van der Waals surface area contributed by atoms with Crippen LogP contribution in [-0.2, 0) is 9.31 Å². The Balaban J connectivity index is 2.75. The van der Waals surface area contributed by atoms with Gasteiger partial charge in [0, 0.05) is 13.2 Å². The maximum absolute atomic E-state index is 12.3. The van der Waals surface area contributed by atoms with Gasteiger partial charge in [0.15, 0.2) is 0 Å². The summed E-state index contributed by atoms with van der Waals surface area (Å²) in [5.74, 6) is -0.270. The Hall–Kier alpha value is -1.21. The van der Waals surface area contributed by atoms with Gasteiger partial charge in [-0.2, -0.15) is 0 Å². The van der Waals surface area contributed by atoms with E-state index in [1.165, 1.54) is 18.2 Å². The molecule has 1 aromatic rings. The molecule has 1 aromatic carbocycles. The largest absolute Gasteiger partial charge is 0.573 e. The molecule has 0 radical (unpaired) electrons. The Labute approximate surface area is 129 Å². The fourth-order valence-corrected chi connectivity index (χ4v) is 1.77. The van der Waals surface area contributed by atoms with Gasteiger partial charge >= 0.3 is 13.5 Å². The lowest BCUT2D eigenvalue weighted by Crippen LogP contribution is -2.37. The van der Waals surface area contributed by atoms with Gasteiger partial charge in [0.2, 0.25) is 0 Å². The van der Waals surface area contributed by atoms with E-state index in [0.29, 0.717) is 18.7 Å². The normalized spacial score (nSPS) is 11.5. The van der Waals surface area contributed by atoms with Crippen LogP contribution in [0.3, 0.4) is 0 Å². The summed E-state index contributed by atoms with van der Waals surface area (Å²) in [5.41, 5.74) is 0.522. The van der Waals surface area contributed by atoms with Crippen molar-refractivity contribution in [2.45, 2.75) is 45.9 Å². The van der Waals surface area contributed by atoms with Gasteiger partial charge in [0.05, 0.1) is 0 Å². The number of benzene rings is 1. The molecule has 1 rings (SSSR count).